The average Bonchev–Trinajstić information content (AvgIpc) is 3.22. The second-order valence-corrected chi connectivity index (χ2v) is 19.9. The fourth-order valence-corrected chi connectivity index (χ4v) is 9.80. The van der Waals surface area contributed by atoms with Crippen LogP contribution in [0.15, 0.2) is 70.5 Å². The van der Waals surface area contributed by atoms with Crippen LogP contribution in [-0.2, 0) is 45.9 Å². The zero-order valence-corrected chi connectivity index (χ0v) is 42.4. The predicted molar refractivity (Wildman–Crippen MR) is 258 cm³/mol. The third kappa shape index (κ3) is 20.9. The molecule has 4 rings (SSSR count). The van der Waals surface area contributed by atoms with Crippen molar-refractivity contribution in [3.8, 4) is 0 Å². The SMILES string of the molecule is CCCCCCCCc1ccc2c(CCCCCCCC)ccc(S(=O)(=O)[O-])c2c1.CCCCCCCCc1ccc2c(CCCCCCCC)ccc(S(=O)(=O)[O-])c2c1.[Ca+2]. The van der Waals surface area contributed by atoms with Gasteiger partial charge in [-0.05, 0) is 119 Å². The molecule has 0 spiro atoms. The van der Waals surface area contributed by atoms with E-state index in [2.05, 4.69) is 39.8 Å². The van der Waals surface area contributed by atoms with Crippen LogP contribution < -0.4 is 0 Å². The Kier molecular flexibility index (Phi) is 28.6. The summed E-state index contributed by atoms with van der Waals surface area (Å²) in [6.45, 7) is 8.88. The van der Waals surface area contributed by atoms with Crippen molar-refractivity contribution in [3.05, 3.63) is 82.9 Å². The molecule has 0 atom stereocenters. The van der Waals surface area contributed by atoms with Gasteiger partial charge in [-0.25, -0.2) is 16.8 Å². The third-order valence-corrected chi connectivity index (χ3v) is 13.8. The summed E-state index contributed by atoms with van der Waals surface area (Å²) in [5, 5.41) is 3.06. The largest absolute Gasteiger partial charge is 2.00 e. The fourth-order valence-electron chi connectivity index (χ4n) is 8.46. The second kappa shape index (κ2) is 31.4. The molecule has 0 aliphatic heterocycles. The van der Waals surface area contributed by atoms with E-state index in [4.69, 9.17) is 0 Å². The monoisotopic (exact) mass is 902 g/mol. The molecule has 0 heterocycles. The normalized spacial score (nSPS) is 11.8. The minimum atomic E-state index is -4.48. The Morgan fingerprint density at radius 2 is 0.623 bits per heavy atom. The fraction of sp³-hybridized carbons (Fsp3) is 0.615. The first-order chi connectivity index (χ1) is 28.9. The standard InChI is InChI=1S/2C26H40O3S.Ca/c2*1-3-5-7-9-11-13-15-22-17-19-24-23(16-14-12-10-8-6-4-2)18-20-26(25(24)21-22)30(27,28)29;/h2*17-21H,3-16H2,1-2H3,(H,27,28,29);/q;;+2/p-2. The van der Waals surface area contributed by atoms with Gasteiger partial charge in [-0.1, -0.05) is 193 Å². The molecule has 6 nitrogen and oxygen atoms in total. The van der Waals surface area contributed by atoms with Crippen molar-refractivity contribution < 1.29 is 25.9 Å². The van der Waals surface area contributed by atoms with Gasteiger partial charge < -0.3 is 9.11 Å². The topological polar surface area (TPSA) is 114 Å². The smallest absolute Gasteiger partial charge is 0.744 e. The van der Waals surface area contributed by atoms with Gasteiger partial charge in [-0.15, -0.1) is 0 Å². The van der Waals surface area contributed by atoms with E-state index in [9.17, 15) is 25.9 Å². The Bertz CT molecular complexity index is 1900. The molecule has 61 heavy (non-hydrogen) atoms. The molecule has 4 aromatic carbocycles. The van der Waals surface area contributed by atoms with Crippen molar-refractivity contribution in [2.45, 2.75) is 217 Å². The summed E-state index contributed by atoms with van der Waals surface area (Å²) >= 11 is 0. The number of aryl methyl sites for hydroxylation is 4. The minimum Gasteiger partial charge on any atom is -0.744 e. The van der Waals surface area contributed by atoms with Crippen LogP contribution in [0.5, 0.6) is 0 Å². The summed E-state index contributed by atoms with van der Waals surface area (Å²) in [5.41, 5.74) is 4.55. The van der Waals surface area contributed by atoms with Gasteiger partial charge in [0.05, 0.1) is 9.79 Å². The molecular formula is C52H78CaO6S2. The van der Waals surface area contributed by atoms with Gasteiger partial charge in [-0.3, -0.25) is 0 Å². The molecule has 0 saturated heterocycles. The Hall–Kier alpha value is -1.52. The summed E-state index contributed by atoms with van der Waals surface area (Å²) in [5.74, 6) is 0. The first-order valence-electron chi connectivity index (χ1n) is 23.9. The molecule has 4 aromatic rings. The van der Waals surface area contributed by atoms with Gasteiger partial charge in [0.2, 0.25) is 0 Å². The van der Waals surface area contributed by atoms with E-state index in [0.717, 1.165) is 84.4 Å². The van der Waals surface area contributed by atoms with Crippen molar-refractivity contribution in [3.63, 3.8) is 0 Å². The zero-order chi connectivity index (χ0) is 43.6. The number of hydrogen-bond donors (Lipinski definition) is 0. The molecule has 0 bridgehead atoms. The van der Waals surface area contributed by atoms with Crippen LogP contribution in [0, 0.1) is 0 Å². The molecule has 0 saturated carbocycles. The Morgan fingerprint density at radius 1 is 0.344 bits per heavy atom. The van der Waals surface area contributed by atoms with Gasteiger partial charge in [0.25, 0.3) is 0 Å². The summed E-state index contributed by atoms with van der Waals surface area (Å²) in [6.07, 6.45) is 33.2. The zero-order valence-electron chi connectivity index (χ0n) is 38.5. The molecule has 0 aromatic heterocycles. The maximum atomic E-state index is 11.8. The van der Waals surface area contributed by atoms with Crippen LogP contribution in [-0.4, -0.2) is 63.7 Å². The van der Waals surface area contributed by atoms with Crippen LogP contribution in [0.4, 0.5) is 0 Å². The summed E-state index contributed by atoms with van der Waals surface area (Å²) < 4.78 is 71.0. The van der Waals surface area contributed by atoms with Crippen molar-refractivity contribution in [2.24, 2.45) is 0 Å². The molecule has 0 amide bonds. The van der Waals surface area contributed by atoms with E-state index < -0.39 is 20.2 Å². The van der Waals surface area contributed by atoms with E-state index in [1.54, 1.807) is 0 Å². The Morgan fingerprint density at radius 3 is 0.918 bits per heavy atom. The number of rotatable bonds is 30. The predicted octanol–water partition coefficient (Wildman–Crippen LogP) is 14.7. The van der Waals surface area contributed by atoms with E-state index >= 15 is 0 Å². The van der Waals surface area contributed by atoms with E-state index in [-0.39, 0.29) is 47.5 Å². The first-order valence-corrected chi connectivity index (χ1v) is 26.8. The van der Waals surface area contributed by atoms with Crippen LogP contribution in [0.1, 0.15) is 204 Å². The quantitative estimate of drug-likeness (QED) is 0.0292. The summed E-state index contributed by atoms with van der Waals surface area (Å²) in [6, 6.07) is 18.9. The molecule has 0 N–H and O–H groups in total. The third-order valence-electron chi connectivity index (χ3n) is 12.0. The average molecular weight is 903 g/mol. The van der Waals surface area contributed by atoms with Gasteiger partial charge >= 0.3 is 37.7 Å². The molecule has 0 fully saturated rings. The van der Waals surface area contributed by atoms with Crippen molar-refractivity contribution >= 4 is 79.5 Å². The first kappa shape index (κ1) is 55.6. The van der Waals surface area contributed by atoms with Crippen molar-refractivity contribution in [1.29, 1.82) is 0 Å². The second-order valence-electron chi connectivity index (χ2n) is 17.2. The number of fused-ring (bicyclic) bond motifs is 2. The summed E-state index contributed by atoms with van der Waals surface area (Å²) in [7, 11) is -8.97. The van der Waals surface area contributed by atoms with Crippen LogP contribution >= 0.6 is 0 Å². The molecule has 0 radical (unpaired) electrons. The van der Waals surface area contributed by atoms with E-state index in [1.807, 2.05) is 36.4 Å². The van der Waals surface area contributed by atoms with E-state index in [0.29, 0.717) is 10.8 Å². The summed E-state index contributed by atoms with van der Waals surface area (Å²) in [4.78, 5) is -0.150. The molecule has 0 aliphatic rings. The molecule has 9 heteroatoms. The Labute approximate surface area is 402 Å². The number of benzene rings is 4. The van der Waals surface area contributed by atoms with Crippen LogP contribution in [0.3, 0.4) is 0 Å². The van der Waals surface area contributed by atoms with Gasteiger partial charge in [-0.2, -0.15) is 0 Å². The maximum Gasteiger partial charge on any atom is 2.00 e. The van der Waals surface area contributed by atoms with Gasteiger partial charge in [0.15, 0.2) is 0 Å². The molecular weight excluding hydrogens is 825 g/mol. The molecule has 0 aliphatic carbocycles. The van der Waals surface area contributed by atoms with Gasteiger partial charge in [0, 0.05) is 0 Å². The molecule has 0 unspecified atom stereocenters. The van der Waals surface area contributed by atoms with Crippen LogP contribution in [0.25, 0.3) is 21.5 Å². The minimum absolute atomic E-state index is 0. The van der Waals surface area contributed by atoms with Crippen LogP contribution in [0.2, 0.25) is 0 Å². The van der Waals surface area contributed by atoms with Gasteiger partial charge in [0.1, 0.15) is 20.2 Å². The number of hydrogen-bond acceptors (Lipinski definition) is 6. The Balaban J connectivity index is 0.000000413. The van der Waals surface area contributed by atoms with Crippen molar-refractivity contribution in [1.82, 2.24) is 0 Å². The van der Waals surface area contributed by atoms with Crippen molar-refractivity contribution in [2.75, 3.05) is 0 Å². The van der Waals surface area contributed by atoms with E-state index in [1.165, 1.54) is 141 Å². The molecule has 336 valence electrons. The maximum absolute atomic E-state index is 11.8. The number of unbranched alkanes of at least 4 members (excludes halogenated alkanes) is 20.